The van der Waals surface area contributed by atoms with Crippen molar-refractivity contribution in [3.05, 3.63) is 35.5 Å². The number of carbonyl (C=O) groups excluding carboxylic acids is 1. The normalized spacial score (nSPS) is 46.5. The highest BCUT2D eigenvalue weighted by atomic mass is 16.1. The standard InChI is InChI=1S/C21H28O/c1-4-14-6-8-18-17-7-5-15-13-16(22)9-11-21(15,3)19(17)10-12-20(14,18)2/h9-11,13-14,17-18H,4-8,12H2,1-3H3/t14-,17-,18-,20+,21-/m0/s1. The molecular formula is C21H28O. The zero-order valence-electron chi connectivity index (χ0n) is 14.2. The predicted molar refractivity (Wildman–Crippen MR) is 90.4 cm³/mol. The smallest absolute Gasteiger partial charge is 0.178 e. The summed E-state index contributed by atoms with van der Waals surface area (Å²) in [5.74, 6) is 2.69. The second-order valence-corrected chi connectivity index (χ2v) is 8.41. The van der Waals surface area contributed by atoms with Gasteiger partial charge in [-0.1, -0.05) is 43.6 Å². The predicted octanol–water partition coefficient (Wildman–Crippen LogP) is 5.24. The molecule has 0 aromatic carbocycles. The van der Waals surface area contributed by atoms with E-state index in [1.54, 1.807) is 11.6 Å². The van der Waals surface area contributed by atoms with Crippen LogP contribution in [0.3, 0.4) is 0 Å². The van der Waals surface area contributed by atoms with Crippen LogP contribution in [0.15, 0.2) is 35.5 Å². The van der Waals surface area contributed by atoms with Gasteiger partial charge in [0, 0.05) is 5.41 Å². The van der Waals surface area contributed by atoms with Crippen LogP contribution < -0.4 is 0 Å². The summed E-state index contributed by atoms with van der Waals surface area (Å²) >= 11 is 0. The van der Waals surface area contributed by atoms with Crippen molar-refractivity contribution in [2.75, 3.05) is 0 Å². The van der Waals surface area contributed by atoms with Crippen molar-refractivity contribution >= 4 is 5.78 Å². The molecule has 4 aliphatic carbocycles. The van der Waals surface area contributed by atoms with Crippen LogP contribution in [0.5, 0.6) is 0 Å². The third-order valence-electron chi connectivity index (χ3n) is 7.63. The summed E-state index contributed by atoms with van der Waals surface area (Å²) in [6.45, 7) is 7.27. The van der Waals surface area contributed by atoms with Gasteiger partial charge in [0.15, 0.2) is 5.78 Å². The van der Waals surface area contributed by atoms with Gasteiger partial charge in [0.1, 0.15) is 0 Å². The maximum absolute atomic E-state index is 11.8. The second kappa shape index (κ2) is 4.69. The van der Waals surface area contributed by atoms with Crippen LogP contribution in [0.1, 0.15) is 59.3 Å². The van der Waals surface area contributed by atoms with Crippen molar-refractivity contribution in [2.45, 2.75) is 59.3 Å². The summed E-state index contributed by atoms with van der Waals surface area (Å²) in [6, 6.07) is 0. The number of allylic oxidation sites excluding steroid dienone is 6. The molecule has 0 unspecified atom stereocenters. The van der Waals surface area contributed by atoms with Gasteiger partial charge in [-0.25, -0.2) is 0 Å². The number of ketones is 1. The maximum Gasteiger partial charge on any atom is 0.178 e. The quantitative estimate of drug-likeness (QED) is 0.605. The largest absolute Gasteiger partial charge is 0.290 e. The first-order chi connectivity index (χ1) is 10.5. The minimum atomic E-state index is 0.0302. The van der Waals surface area contributed by atoms with E-state index in [-0.39, 0.29) is 11.2 Å². The van der Waals surface area contributed by atoms with Crippen LogP contribution in [0.25, 0.3) is 0 Å². The van der Waals surface area contributed by atoms with Crippen LogP contribution >= 0.6 is 0 Å². The van der Waals surface area contributed by atoms with E-state index in [1.165, 1.54) is 37.7 Å². The molecule has 0 aromatic heterocycles. The lowest BCUT2D eigenvalue weighted by molar-refractivity contribution is -0.110. The Balaban J connectivity index is 1.76. The molecule has 0 saturated heterocycles. The highest BCUT2D eigenvalue weighted by molar-refractivity contribution is 6.01. The van der Waals surface area contributed by atoms with E-state index in [1.807, 2.05) is 6.08 Å². The molecule has 0 aromatic rings. The van der Waals surface area contributed by atoms with Crippen molar-refractivity contribution in [3.8, 4) is 0 Å². The van der Waals surface area contributed by atoms with Crippen LogP contribution in [0.2, 0.25) is 0 Å². The Kier molecular flexibility index (Phi) is 3.09. The summed E-state index contributed by atoms with van der Waals surface area (Å²) in [6.07, 6.45) is 16.2. The Hall–Kier alpha value is -1.11. The Labute approximate surface area is 134 Å². The molecule has 0 radical (unpaired) electrons. The molecule has 2 fully saturated rings. The fraction of sp³-hybridized carbons (Fsp3) is 0.667. The van der Waals surface area contributed by atoms with Gasteiger partial charge in [-0.15, -0.1) is 0 Å². The molecule has 22 heavy (non-hydrogen) atoms. The van der Waals surface area contributed by atoms with E-state index in [2.05, 4.69) is 32.9 Å². The molecular weight excluding hydrogens is 268 g/mol. The van der Waals surface area contributed by atoms with Crippen LogP contribution in [-0.2, 0) is 4.79 Å². The number of fused-ring (bicyclic) bond motifs is 5. The lowest BCUT2D eigenvalue weighted by Gasteiger charge is -2.52. The monoisotopic (exact) mass is 296 g/mol. The lowest BCUT2D eigenvalue weighted by Crippen LogP contribution is -2.43. The van der Waals surface area contributed by atoms with Gasteiger partial charge in [0.05, 0.1) is 0 Å². The lowest BCUT2D eigenvalue weighted by atomic mass is 9.52. The minimum Gasteiger partial charge on any atom is -0.290 e. The molecule has 118 valence electrons. The maximum atomic E-state index is 11.8. The Morgan fingerprint density at radius 2 is 2.05 bits per heavy atom. The molecule has 1 nitrogen and oxygen atoms in total. The highest BCUT2D eigenvalue weighted by Gasteiger charge is 2.54. The molecule has 2 saturated carbocycles. The van der Waals surface area contributed by atoms with Crippen molar-refractivity contribution < 1.29 is 4.79 Å². The number of rotatable bonds is 1. The fourth-order valence-electron chi connectivity index (χ4n) is 6.29. The highest BCUT2D eigenvalue weighted by Crippen LogP contribution is 2.64. The summed E-state index contributed by atoms with van der Waals surface area (Å²) in [4.78, 5) is 11.8. The molecule has 0 bridgehead atoms. The first kappa shape index (κ1) is 14.5. The van der Waals surface area contributed by atoms with Gasteiger partial charge in [-0.3, -0.25) is 4.79 Å². The van der Waals surface area contributed by atoms with Gasteiger partial charge < -0.3 is 0 Å². The van der Waals surface area contributed by atoms with Crippen molar-refractivity contribution in [2.24, 2.45) is 28.6 Å². The molecule has 0 aliphatic heterocycles. The van der Waals surface area contributed by atoms with Gasteiger partial charge in [-0.2, -0.15) is 0 Å². The summed E-state index contributed by atoms with van der Waals surface area (Å²) < 4.78 is 0. The third-order valence-corrected chi connectivity index (χ3v) is 7.63. The average Bonchev–Trinajstić information content (AvgIpc) is 2.84. The Morgan fingerprint density at radius 1 is 1.23 bits per heavy atom. The van der Waals surface area contributed by atoms with Crippen molar-refractivity contribution in [1.82, 2.24) is 0 Å². The molecule has 5 atom stereocenters. The van der Waals surface area contributed by atoms with Gasteiger partial charge in [0.2, 0.25) is 0 Å². The first-order valence-electron chi connectivity index (χ1n) is 9.14. The molecule has 4 aliphatic rings. The molecule has 1 heteroatoms. The van der Waals surface area contributed by atoms with E-state index in [9.17, 15) is 4.79 Å². The van der Waals surface area contributed by atoms with E-state index in [0.29, 0.717) is 5.41 Å². The minimum absolute atomic E-state index is 0.0302. The number of carbonyl (C=O) groups is 1. The number of hydrogen-bond donors (Lipinski definition) is 0. The molecule has 0 amide bonds. The SMILES string of the molecule is CC[C@H]1CC[C@H]2[C@@H]3CCC4=CC(=O)C=C[C@]4(C)C3=CC[C@]12C. The molecule has 4 rings (SSSR count). The van der Waals surface area contributed by atoms with Gasteiger partial charge >= 0.3 is 0 Å². The van der Waals surface area contributed by atoms with Crippen molar-refractivity contribution in [1.29, 1.82) is 0 Å². The average molecular weight is 296 g/mol. The molecule has 0 N–H and O–H groups in total. The first-order valence-corrected chi connectivity index (χ1v) is 9.14. The van der Waals surface area contributed by atoms with Crippen LogP contribution in [0.4, 0.5) is 0 Å². The van der Waals surface area contributed by atoms with E-state index < -0.39 is 0 Å². The zero-order chi connectivity index (χ0) is 15.5. The zero-order valence-corrected chi connectivity index (χ0v) is 14.2. The van der Waals surface area contributed by atoms with E-state index in [4.69, 9.17) is 0 Å². The number of hydrogen-bond acceptors (Lipinski definition) is 1. The summed E-state index contributed by atoms with van der Waals surface area (Å²) in [5, 5.41) is 0. The fourth-order valence-corrected chi connectivity index (χ4v) is 6.29. The third kappa shape index (κ3) is 1.74. The summed E-state index contributed by atoms with van der Waals surface area (Å²) in [5.41, 5.74) is 3.54. The topological polar surface area (TPSA) is 17.1 Å². The van der Waals surface area contributed by atoms with E-state index >= 15 is 0 Å². The molecule has 0 spiro atoms. The molecule has 0 heterocycles. The van der Waals surface area contributed by atoms with Crippen LogP contribution in [0, 0.1) is 28.6 Å². The summed E-state index contributed by atoms with van der Waals surface area (Å²) in [7, 11) is 0. The Bertz CT molecular complexity index is 607. The van der Waals surface area contributed by atoms with Gasteiger partial charge in [0.25, 0.3) is 0 Å². The van der Waals surface area contributed by atoms with Crippen LogP contribution in [-0.4, -0.2) is 5.78 Å². The second-order valence-electron chi connectivity index (χ2n) is 8.41. The van der Waals surface area contributed by atoms with Crippen molar-refractivity contribution in [3.63, 3.8) is 0 Å². The Morgan fingerprint density at radius 3 is 2.82 bits per heavy atom. The van der Waals surface area contributed by atoms with Gasteiger partial charge in [-0.05, 0) is 74.3 Å². The van der Waals surface area contributed by atoms with E-state index in [0.717, 1.165) is 24.2 Å².